The molecule has 0 aliphatic carbocycles. The molecule has 17 heavy (non-hydrogen) atoms. The number of cyclic esters (lactones) is 1. The number of carbonyl (C=O) groups is 1. The van der Waals surface area contributed by atoms with Gasteiger partial charge in [0.05, 0.1) is 13.2 Å². The third-order valence-electron chi connectivity index (χ3n) is 2.66. The molecule has 2 heterocycles. The lowest BCUT2D eigenvalue weighted by Crippen LogP contribution is -2.24. The minimum atomic E-state index is -0.282. The average Bonchev–Trinajstić information content (AvgIpc) is 2.84. The Bertz CT molecular complexity index is 391. The number of nitrogens with one attached hydrogen (secondary N) is 1. The van der Waals surface area contributed by atoms with Gasteiger partial charge in [0.15, 0.2) is 0 Å². The second-order valence-electron chi connectivity index (χ2n) is 4.14. The summed E-state index contributed by atoms with van der Waals surface area (Å²) in [6.45, 7) is 3.20. The Kier molecular flexibility index (Phi) is 3.63. The fourth-order valence-corrected chi connectivity index (χ4v) is 1.80. The van der Waals surface area contributed by atoms with Gasteiger partial charge in [-0.15, -0.1) is 0 Å². The molecule has 1 aliphatic rings. The molecule has 1 fully saturated rings. The Morgan fingerprint density at radius 1 is 1.71 bits per heavy atom. The maximum absolute atomic E-state index is 11.4. The van der Waals surface area contributed by atoms with Crippen LogP contribution in [0.1, 0.15) is 13.3 Å². The average molecular weight is 239 g/mol. The van der Waals surface area contributed by atoms with E-state index in [0.29, 0.717) is 25.4 Å². The van der Waals surface area contributed by atoms with E-state index in [1.54, 1.807) is 11.8 Å². The van der Waals surface area contributed by atoms with Crippen molar-refractivity contribution in [3.63, 3.8) is 0 Å². The maximum atomic E-state index is 11.4. The van der Waals surface area contributed by atoms with Crippen LogP contribution in [0.3, 0.4) is 0 Å². The number of esters is 1. The van der Waals surface area contributed by atoms with Gasteiger partial charge in [-0.2, -0.15) is 5.10 Å². The van der Waals surface area contributed by atoms with Gasteiger partial charge in [0, 0.05) is 25.8 Å². The summed E-state index contributed by atoms with van der Waals surface area (Å²) in [6.07, 6.45) is 2.52. The Labute approximate surface area is 99.9 Å². The first kappa shape index (κ1) is 11.9. The molecule has 0 bridgehead atoms. The van der Waals surface area contributed by atoms with Crippen molar-refractivity contribution in [2.45, 2.75) is 32.0 Å². The summed E-state index contributed by atoms with van der Waals surface area (Å²) in [5.41, 5.74) is 0. The molecule has 2 rings (SSSR count). The van der Waals surface area contributed by atoms with Gasteiger partial charge in [-0.05, 0) is 6.92 Å². The molecule has 0 aromatic carbocycles. The molecule has 1 aromatic heterocycles. The molecule has 1 aromatic rings. The number of hydrogen-bond acceptors (Lipinski definition) is 5. The predicted octanol–water partition coefficient (Wildman–Crippen LogP) is 0.645. The van der Waals surface area contributed by atoms with Crippen LogP contribution in [-0.2, 0) is 20.8 Å². The van der Waals surface area contributed by atoms with Gasteiger partial charge < -0.3 is 14.8 Å². The third kappa shape index (κ3) is 2.97. The molecule has 6 nitrogen and oxygen atoms in total. The van der Waals surface area contributed by atoms with Crippen LogP contribution in [0.2, 0.25) is 0 Å². The first-order valence-electron chi connectivity index (χ1n) is 5.68. The minimum Gasteiger partial charge on any atom is -0.461 e. The quantitative estimate of drug-likeness (QED) is 0.764. The summed E-state index contributed by atoms with van der Waals surface area (Å²) in [7, 11) is 1.65. The van der Waals surface area contributed by atoms with Crippen molar-refractivity contribution < 1.29 is 14.3 Å². The van der Waals surface area contributed by atoms with E-state index in [4.69, 9.17) is 9.47 Å². The topological polar surface area (TPSA) is 65.4 Å². The van der Waals surface area contributed by atoms with Crippen LogP contribution >= 0.6 is 0 Å². The van der Waals surface area contributed by atoms with Gasteiger partial charge in [0.25, 0.3) is 0 Å². The number of rotatable bonds is 5. The standard InChI is InChI=1S/C11H17N3O3/c1-8-7-9(11(15)17-8)12-10-3-4-14(13-10)5-6-16-2/h3-4,8-9H,5-7H2,1-2H3,(H,12,13)/t8-,9-/m0/s1. The molecule has 1 aliphatic heterocycles. The van der Waals surface area contributed by atoms with E-state index >= 15 is 0 Å². The predicted molar refractivity (Wildman–Crippen MR) is 61.7 cm³/mol. The van der Waals surface area contributed by atoms with E-state index in [-0.39, 0.29) is 18.1 Å². The van der Waals surface area contributed by atoms with Crippen LogP contribution in [0.15, 0.2) is 12.3 Å². The van der Waals surface area contributed by atoms with Gasteiger partial charge >= 0.3 is 5.97 Å². The molecule has 0 saturated carbocycles. The minimum absolute atomic E-state index is 0.0180. The number of aromatic nitrogens is 2. The Morgan fingerprint density at radius 2 is 2.53 bits per heavy atom. The zero-order chi connectivity index (χ0) is 12.3. The van der Waals surface area contributed by atoms with Crippen LogP contribution in [-0.4, -0.2) is 41.6 Å². The molecule has 0 radical (unpaired) electrons. The summed E-state index contributed by atoms with van der Waals surface area (Å²) < 4.78 is 11.8. The molecule has 6 heteroatoms. The number of methoxy groups -OCH3 is 1. The van der Waals surface area contributed by atoms with E-state index in [9.17, 15) is 4.79 Å². The van der Waals surface area contributed by atoms with Crippen molar-refractivity contribution in [2.75, 3.05) is 19.0 Å². The van der Waals surface area contributed by atoms with Crippen LogP contribution < -0.4 is 5.32 Å². The molecule has 1 N–H and O–H groups in total. The lowest BCUT2D eigenvalue weighted by molar-refractivity contribution is -0.141. The van der Waals surface area contributed by atoms with Crippen molar-refractivity contribution in [2.24, 2.45) is 0 Å². The molecule has 0 unspecified atom stereocenters. The Hall–Kier alpha value is -1.56. The highest BCUT2D eigenvalue weighted by atomic mass is 16.6. The molecular formula is C11H17N3O3. The molecular weight excluding hydrogens is 222 g/mol. The van der Waals surface area contributed by atoms with Gasteiger partial charge in [-0.3, -0.25) is 4.68 Å². The Morgan fingerprint density at radius 3 is 3.18 bits per heavy atom. The number of nitrogens with zero attached hydrogens (tertiary/aromatic N) is 2. The van der Waals surface area contributed by atoms with Crippen molar-refractivity contribution in [3.05, 3.63) is 12.3 Å². The van der Waals surface area contributed by atoms with Gasteiger partial charge in [0.2, 0.25) is 0 Å². The Balaban J connectivity index is 1.90. The summed E-state index contributed by atoms with van der Waals surface area (Å²) >= 11 is 0. The maximum Gasteiger partial charge on any atom is 0.329 e. The van der Waals surface area contributed by atoms with Crippen LogP contribution in [0.25, 0.3) is 0 Å². The van der Waals surface area contributed by atoms with E-state index in [1.165, 1.54) is 0 Å². The first-order chi connectivity index (χ1) is 8.19. The molecule has 0 amide bonds. The third-order valence-corrected chi connectivity index (χ3v) is 2.66. The van der Waals surface area contributed by atoms with Crippen molar-refractivity contribution in [1.82, 2.24) is 9.78 Å². The highest BCUT2D eigenvalue weighted by Gasteiger charge is 2.31. The number of hydrogen-bond donors (Lipinski definition) is 1. The zero-order valence-electron chi connectivity index (χ0n) is 10.0. The number of ether oxygens (including phenoxy) is 2. The molecule has 94 valence electrons. The van der Waals surface area contributed by atoms with Gasteiger partial charge in [0.1, 0.15) is 18.0 Å². The lowest BCUT2D eigenvalue weighted by Gasteiger charge is -2.06. The number of anilines is 1. The number of carbonyl (C=O) groups excluding carboxylic acids is 1. The SMILES string of the molecule is COCCn1ccc(N[C@H]2C[C@H](C)OC2=O)n1. The molecule has 1 saturated heterocycles. The van der Waals surface area contributed by atoms with Crippen molar-refractivity contribution in [3.8, 4) is 0 Å². The van der Waals surface area contributed by atoms with E-state index in [1.807, 2.05) is 19.2 Å². The molecule has 0 spiro atoms. The summed E-state index contributed by atoms with van der Waals surface area (Å²) in [5.74, 6) is 0.487. The normalized spacial score (nSPS) is 23.8. The summed E-state index contributed by atoms with van der Waals surface area (Å²) in [5, 5.41) is 7.36. The fraction of sp³-hybridized carbons (Fsp3) is 0.636. The van der Waals surface area contributed by atoms with Crippen molar-refractivity contribution in [1.29, 1.82) is 0 Å². The smallest absolute Gasteiger partial charge is 0.329 e. The lowest BCUT2D eigenvalue weighted by atomic mass is 10.2. The van der Waals surface area contributed by atoms with Gasteiger partial charge in [-0.25, -0.2) is 4.79 Å². The summed E-state index contributed by atoms with van der Waals surface area (Å²) in [6, 6.07) is 1.56. The van der Waals surface area contributed by atoms with Crippen LogP contribution in [0.5, 0.6) is 0 Å². The van der Waals surface area contributed by atoms with E-state index < -0.39 is 0 Å². The first-order valence-corrected chi connectivity index (χ1v) is 5.68. The van der Waals surface area contributed by atoms with E-state index in [0.717, 1.165) is 0 Å². The second-order valence-corrected chi connectivity index (χ2v) is 4.14. The highest BCUT2D eigenvalue weighted by Crippen LogP contribution is 2.17. The fourth-order valence-electron chi connectivity index (χ4n) is 1.80. The monoisotopic (exact) mass is 239 g/mol. The highest BCUT2D eigenvalue weighted by molar-refractivity contribution is 5.80. The van der Waals surface area contributed by atoms with Crippen LogP contribution in [0.4, 0.5) is 5.82 Å². The van der Waals surface area contributed by atoms with E-state index in [2.05, 4.69) is 10.4 Å². The molecule has 2 atom stereocenters. The summed E-state index contributed by atoms with van der Waals surface area (Å²) in [4.78, 5) is 11.4. The zero-order valence-corrected chi connectivity index (χ0v) is 10.0. The van der Waals surface area contributed by atoms with Crippen molar-refractivity contribution >= 4 is 11.8 Å². The van der Waals surface area contributed by atoms with Crippen LogP contribution in [0, 0.1) is 0 Å². The largest absolute Gasteiger partial charge is 0.461 e. The second kappa shape index (κ2) is 5.18. The van der Waals surface area contributed by atoms with Gasteiger partial charge in [-0.1, -0.05) is 0 Å².